The lowest BCUT2D eigenvalue weighted by atomic mass is 10.0. The monoisotopic (exact) mass is 420 g/mol. The fourth-order valence-corrected chi connectivity index (χ4v) is 3.19. The molecule has 0 aliphatic carbocycles. The summed E-state index contributed by atoms with van der Waals surface area (Å²) in [5.41, 5.74) is 3.95. The molecule has 158 valence electrons. The number of nitrogens with zero attached hydrogens (tertiary/aromatic N) is 4. The molecule has 3 aromatic heterocycles. The van der Waals surface area contributed by atoms with Gasteiger partial charge in [0, 0.05) is 30.1 Å². The zero-order valence-electron chi connectivity index (χ0n) is 17.0. The predicted octanol–water partition coefficient (Wildman–Crippen LogP) is 3.41. The van der Waals surface area contributed by atoms with E-state index in [9.17, 15) is 14.3 Å². The minimum absolute atomic E-state index is 0.122. The summed E-state index contributed by atoms with van der Waals surface area (Å²) in [6, 6.07) is 11.5. The highest BCUT2D eigenvalue weighted by Crippen LogP contribution is 2.33. The summed E-state index contributed by atoms with van der Waals surface area (Å²) in [6.45, 7) is 3.40. The van der Waals surface area contributed by atoms with E-state index >= 15 is 0 Å². The number of nitrogens with one attached hydrogen (secondary N) is 2. The summed E-state index contributed by atoms with van der Waals surface area (Å²) in [5.74, 6) is 0.0403. The molecule has 3 heterocycles. The first-order valence-electron chi connectivity index (χ1n) is 9.72. The van der Waals surface area contributed by atoms with E-state index in [0.29, 0.717) is 28.4 Å². The van der Waals surface area contributed by atoms with E-state index in [0.717, 1.165) is 11.1 Å². The van der Waals surface area contributed by atoms with Crippen molar-refractivity contribution in [3.8, 4) is 22.5 Å². The number of amides is 2. The second-order valence-corrected chi connectivity index (χ2v) is 7.18. The first-order chi connectivity index (χ1) is 14.9. The van der Waals surface area contributed by atoms with E-state index in [4.69, 9.17) is 4.98 Å². The van der Waals surface area contributed by atoms with Crippen molar-refractivity contribution in [3.63, 3.8) is 0 Å². The summed E-state index contributed by atoms with van der Waals surface area (Å²) < 4.78 is 15.5. The molecule has 0 spiro atoms. The highest BCUT2D eigenvalue weighted by atomic mass is 19.1. The van der Waals surface area contributed by atoms with Crippen molar-refractivity contribution in [2.24, 2.45) is 0 Å². The molecular weight excluding hydrogens is 399 g/mol. The Kier molecular flexibility index (Phi) is 5.59. The minimum atomic E-state index is -0.656. The molecule has 2 amide bonds. The van der Waals surface area contributed by atoms with E-state index in [1.807, 2.05) is 6.07 Å². The summed E-state index contributed by atoms with van der Waals surface area (Å²) in [4.78, 5) is 20.9. The number of hydrogen-bond donors (Lipinski definition) is 3. The summed E-state index contributed by atoms with van der Waals surface area (Å²) in [7, 11) is 0. The Labute approximate surface area is 177 Å². The summed E-state index contributed by atoms with van der Waals surface area (Å²) in [6.07, 6.45) is 2.57. The van der Waals surface area contributed by atoms with Crippen LogP contribution < -0.4 is 10.6 Å². The van der Waals surface area contributed by atoms with Crippen LogP contribution in [0.1, 0.15) is 12.5 Å². The Morgan fingerprint density at radius 2 is 2.03 bits per heavy atom. The SMILES string of the molecule is Cc1cc(-c2nc3cccnn3c2-c2ccnc(NC(=O)NC[C@H](C)O)c2)ccc1F. The normalized spacial score (nSPS) is 12.0. The number of aromatic nitrogens is 4. The van der Waals surface area contributed by atoms with Gasteiger partial charge in [0.2, 0.25) is 0 Å². The van der Waals surface area contributed by atoms with Crippen LogP contribution in [0.2, 0.25) is 0 Å². The number of benzene rings is 1. The Bertz CT molecular complexity index is 1250. The van der Waals surface area contributed by atoms with Crippen LogP contribution in [0.15, 0.2) is 54.9 Å². The second kappa shape index (κ2) is 8.49. The number of pyridine rings is 1. The van der Waals surface area contributed by atoms with Crippen molar-refractivity contribution in [2.75, 3.05) is 11.9 Å². The smallest absolute Gasteiger partial charge is 0.320 e. The van der Waals surface area contributed by atoms with Gasteiger partial charge in [0.15, 0.2) is 5.65 Å². The van der Waals surface area contributed by atoms with Gasteiger partial charge in [0.25, 0.3) is 0 Å². The predicted molar refractivity (Wildman–Crippen MR) is 115 cm³/mol. The molecule has 0 unspecified atom stereocenters. The van der Waals surface area contributed by atoms with Gasteiger partial charge in [-0.05, 0) is 61.9 Å². The Hall–Kier alpha value is -3.85. The largest absolute Gasteiger partial charge is 0.392 e. The number of halogens is 1. The molecule has 0 radical (unpaired) electrons. The van der Waals surface area contributed by atoms with Crippen molar-refractivity contribution in [2.45, 2.75) is 20.0 Å². The van der Waals surface area contributed by atoms with Gasteiger partial charge in [0.1, 0.15) is 17.3 Å². The van der Waals surface area contributed by atoms with Gasteiger partial charge >= 0.3 is 6.03 Å². The molecule has 0 aliphatic heterocycles. The van der Waals surface area contributed by atoms with Crippen LogP contribution in [-0.2, 0) is 0 Å². The van der Waals surface area contributed by atoms with Crippen molar-refractivity contribution in [1.29, 1.82) is 0 Å². The Balaban J connectivity index is 1.77. The van der Waals surface area contributed by atoms with Crippen LogP contribution in [0.3, 0.4) is 0 Å². The van der Waals surface area contributed by atoms with Gasteiger partial charge in [0.05, 0.1) is 11.8 Å². The lowest BCUT2D eigenvalue weighted by Crippen LogP contribution is -2.34. The third-order valence-electron chi connectivity index (χ3n) is 4.66. The number of anilines is 1. The number of fused-ring (bicyclic) bond motifs is 1. The molecule has 9 heteroatoms. The quantitative estimate of drug-likeness (QED) is 0.459. The van der Waals surface area contributed by atoms with Crippen molar-refractivity contribution in [1.82, 2.24) is 24.9 Å². The number of urea groups is 1. The number of aliphatic hydroxyl groups excluding tert-OH is 1. The number of aliphatic hydroxyl groups is 1. The summed E-state index contributed by atoms with van der Waals surface area (Å²) >= 11 is 0. The van der Waals surface area contributed by atoms with E-state index in [1.54, 1.807) is 61.1 Å². The van der Waals surface area contributed by atoms with Crippen LogP contribution in [0, 0.1) is 12.7 Å². The first-order valence-corrected chi connectivity index (χ1v) is 9.72. The topological polar surface area (TPSA) is 104 Å². The van der Waals surface area contributed by atoms with Gasteiger partial charge in [-0.3, -0.25) is 5.32 Å². The minimum Gasteiger partial charge on any atom is -0.392 e. The molecule has 0 bridgehead atoms. The number of carbonyl (C=O) groups excluding carboxylic acids is 1. The molecule has 0 saturated heterocycles. The molecule has 3 N–H and O–H groups in total. The maximum Gasteiger partial charge on any atom is 0.320 e. The fraction of sp³-hybridized carbons (Fsp3) is 0.182. The standard InChI is InChI=1S/C22H21FN6O2/c1-13-10-15(5-6-17(13)23)20-21(29-19(28-20)4-3-8-26-29)16-7-9-24-18(11-16)27-22(31)25-12-14(2)30/h3-11,14,30H,12H2,1-2H3,(H2,24,25,27,31)/t14-/m0/s1. The zero-order chi connectivity index (χ0) is 22.0. The van der Waals surface area contributed by atoms with Crippen molar-refractivity contribution >= 4 is 17.5 Å². The maximum atomic E-state index is 13.8. The second-order valence-electron chi connectivity index (χ2n) is 7.18. The number of hydrogen-bond acceptors (Lipinski definition) is 5. The number of carbonyl (C=O) groups is 1. The van der Waals surface area contributed by atoms with Crippen LogP contribution in [0.4, 0.5) is 15.0 Å². The zero-order valence-corrected chi connectivity index (χ0v) is 17.0. The average Bonchev–Trinajstić information content (AvgIpc) is 3.14. The number of aryl methyl sites for hydroxylation is 1. The number of imidazole rings is 1. The third-order valence-corrected chi connectivity index (χ3v) is 4.66. The Morgan fingerprint density at radius 1 is 1.19 bits per heavy atom. The van der Waals surface area contributed by atoms with Gasteiger partial charge < -0.3 is 10.4 Å². The molecule has 0 saturated carbocycles. The van der Waals surface area contributed by atoms with E-state index in [1.165, 1.54) is 6.07 Å². The molecule has 1 aromatic carbocycles. The first kappa shape index (κ1) is 20.4. The molecule has 0 aliphatic rings. The van der Waals surface area contributed by atoms with E-state index in [-0.39, 0.29) is 12.4 Å². The Morgan fingerprint density at radius 3 is 2.81 bits per heavy atom. The van der Waals surface area contributed by atoms with Crippen LogP contribution in [-0.4, -0.2) is 43.4 Å². The molecule has 4 rings (SSSR count). The lowest BCUT2D eigenvalue weighted by Gasteiger charge is -2.10. The van der Waals surface area contributed by atoms with Gasteiger partial charge in [-0.25, -0.2) is 23.7 Å². The van der Waals surface area contributed by atoms with Crippen molar-refractivity contribution in [3.05, 3.63) is 66.2 Å². The van der Waals surface area contributed by atoms with Gasteiger partial charge in [-0.2, -0.15) is 5.10 Å². The van der Waals surface area contributed by atoms with Crippen LogP contribution in [0.5, 0.6) is 0 Å². The highest BCUT2D eigenvalue weighted by Gasteiger charge is 2.18. The highest BCUT2D eigenvalue weighted by molar-refractivity contribution is 5.89. The lowest BCUT2D eigenvalue weighted by molar-refractivity contribution is 0.190. The van der Waals surface area contributed by atoms with E-state index in [2.05, 4.69) is 20.7 Å². The molecule has 8 nitrogen and oxygen atoms in total. The third kappa shape index (κ3) is 4.36. The molecule has 31 heavy (non-hydrogen) atoms. The molecule has 4 aromatic rings. The molecule has 1 atom stereocenters. The van der Waals surface area contributed by atoms with E-state index < -0.39 is 12.1 Å². The van der Waals surface area contributed by atoms with Gasteiger partial charge in [-0.15, -0.1) is 0 Å². The van der Waals surface area contributed by atoms with Gasteiger partial charge in [-0.1, -0.05) is 0 Å². The summed E-state index contributed by atoms with van der Waals surface area (Å²) in [5, 5.41) is 18.9. The number of rotatable bonds is 5. The fourth-order valence-electron chi connectivity index (χ4n) is 3.19. The molecular formula is C22H21FN6O2. The average molecular weight is 420 g/mol. The molecule has 0 fully saturated rings. The maximum absolute atomic E-state index is 13.8. The van der Waals surface area contributed by atoms with Crippen LogP contribution in [0.25, 0.3) is 28.2 Å². The van der Waals surface area contributed by atoms with Crippen LogP contribution >= 0.6 is 0 Å². The van der Waals surface area contributed by atoms with Crippen molar-refractivity contribution < 1.29 is 14.3 Å².